The van der Waals surface area contributed by atoms with Crippen molar-refractivity contribution < 1.29 is 4.74 Å². The van der Waals surface area contributed by atoms with Gasteiger partial charge >= 0.3 is 0 Å². The van der Waals surface area contributed by atoms with Crippen LogP contribution in [-0.2, 0) is 13.1 Å². The van der Waals surface area contributed by atoms with Gasteiger partial charge in [0.2, 0.25) is 0 Å². The molecule has 4 rings (SSSR count). The minimum absolute atomic E-state index is 0. The smallest absolute Gasteiger partial charge is 0.137 e. The maximum atomic E-state index is 6.32. The summed E-state index contributed by atoms with van der Waals surface area (Å²) in [7, 11) is 1.62. The molecule has 0 spiro atoms. The first-order valence-electron chi connectivity index (χ1n) is 7.82. The Bertz CT molecular complexity index is 880. The minimum atomic E-state index is 0. The Labute approximate surface area is 157 Å². The van der Waals surface area contributed by atoms with Crippen LogP contribution in [0.3, 0.4) is 0 Å². The van der Waals surface area contributed by atoms with Gasteiger partial charge in [0.1, 0.15) is 11.4 Å². The number of fused-ring (bicyclic) bond motifs is 1. The Morgan fingerprint density at radius 2 is 1.96 bits per heavy atom. The first kappa shape index (κ1) is 17.7. The highest BCUT2D eigenvalue weighted by Gasteiger charge is 2.22. The number of hydrogen-bond donors (Lipinski definition) is 1. The molecule has 1 aliphatic rings. The van der Waals surface area contributed by atoms with Crippen LogP contribution in [0.5, 0.6) is 5.75 Å². The quantitative estimate of drug-likeness (QED) is 0.755. The van der Waals surface area contributed by atoms with Crippen LogP contribution in [-0.4, -0.2) is 28.4 Å². The van der Waals surface area contributed by atoms with E-state index in [1.807, 2.05) is 30.3 Å². The molecule has 0 saturated heterocycles. The molecule has 0 amide bonds. The van der Waals surface area contributed by atoms with Gasteiger partial charge in [0.05, 0.1) is 24.4 Å². The zero-order valence-corrected chi connectivity index (χ0v) is 15.3. The first-order valence-corrected chi connectivity index (χ1v) is 8.20. The number of halogens is 2. The maximum absolute atomic E-state index is 6.32. The lowest BCUT2D eigenvalue weighted by Crippen LogP contribution is -2.28. The van der Waals surface area contributed by atoms with Crippen LogP contribution >= 0.6 is 24.0 Å². The number of aromatic nitrogens is 3. The normalized spacial score (nSPS) is 13.0. The third-order valence-electron chi connectivity index (χ3n) is 4.24. The number of ether oxygens (including phenoxy) is 1. The lowest BCUT2D eigenvalue weighted by molar-refractivity contribution is 0.415. The minimum Gasteiger partial charge on any atom is -0.495 e. The van der Waals surface area contributed by atoms with Crippen LogP contribution in [0.2, 0.25) is 5.02 Å². The molecule has 0 radical (unpaired) electrons. The highest BCUT2D eigenvalue weighted by atomic mass is 35.5. The van der Waals surface area contributed by atoms with E-state index in [1.54, 1.807) is 19.5 Å². The Balaban J connectivity index is 0.00000182. The highest BCUT2D eigenvalue weighted by molar-refractivity contribution is 6.32. The Hall–Kier alpha value is -2.08. The molecule has 0 fully saturated rings. The number of rotatable bonds is 3. The van der Waals surface area contributed by atoms with E-state index in [0.29, 0.717) is 10.8 Å². The van der Waals surface area contributed by atoms with Gasteiger partial charge in [-0.05, 0) is 35.9 Å². The molecule has 5 nitrogen and oxygen atoms in total. The number of benzene rings is 1. The molecule has 1 aliphatic heterocycles. The average molecular weight is 377 g/mol. The van der Waals surface area contributed by atoms with E-state index in [4.69, 9.17) is 21.4 Å². The van der Waals surface area contributed by atoms with Crippen LogP contribution in [0.25, 0.3) is 22.4 Å². The molecule has 7 heteroatoms. The number of nitrogens with zero attached hydrogens (tertiary/aromatic N) is 3. The fourth-order valence-electron chi connectivity index (χ4n) is 3.09. The second kappa shape index (κ2) is 7.44. The van der Waals surface area contributed by atoms with Crippen molar-refractivity contribution in [1.82, 2.24) is 20.1 Å². The van der Waals surface area contributed by atoms with Crippen LogP contribution in [0.15, 0.2) is 42.7 Å². The van der Waals surface area contributed by atoms with Gasteiger partial charge in [-0.1, -0.05) is 11.6 Å². The zero-order chi connectivity index (χ0) is 16.5. The summed E-state index contributed by atoms with van der Waals surface area (Å²) < 4.78 is 7.34. The van der Waals surface area contributed by atoms with Crippen molar-refractivity contribution >= 4 is 24.0 Å². The summed E-state index contributed by atoms with van der Waals surface area (Å²) in [5.41, 5.74) is 5.34. The largest absolute Gasteiger partial charge is 0.495 e. The zero-order valence-electron chi connectivity index (χ0n) is 13.7. The molecule has 0 atom stereocenters. The summed E-state index contributed by atoms with van der Waals surface area (Å²) in [6, 6.07) is 9.82. The van der Waals surface area contributed by atoms with Gasteiger partial charge in [-0.3, -0.25) is 9.67 Å². The summed E-state index contributed by atoms with van der Waals surface area (Å²) in [4.78, 5) is 4.13. The molecule has 130 valence electrons. The van der Waals surface area contributed by atoms with Gasteiger partial charge in [0.15, 0.2) is 0 Å². The van der Waals surface area contributed by atoms with Crippen molar-refractivity contribution in [3.8, 4) is 28.1 Å². The van der Waals surface area contributed by atoms with Gasteiger partial charge in [0, 0.05) is 36.6 Å². The summed E-state index contributed by atoms with van der Waals surface area (Å²) >= 11 is 6.32. The van der Waals surface area contributed by atoms with Gasteiger partial charge < -0.3 is 10.1 Å². The Kier molecular flexibility index (Phi) is 5.27. The molecule has 3 aromatic rings. The molecule has 3 heterocycles. The van der Waals surface area contributed by atoms with E-state index in [0.717, 1.165) is 42.0 Å². The third-order valence-corrected chi connectivity index (χ3v) is 4.54. The predicted molar refractivity (Wildman–Crippen MR) is 101 cm³/mol. The fraction of sp³-hybridized carbons (Fsp3) is 0.222. The summed E-state index contributed by atoms with van der Waals surface area (Å²) in [6.07, 6.45) is 3.61. The van der Waals surface area contributed by atoms with Gasteiger partial charge in [0.25, 0.3) is 0 Å². The summed E-state index contributed by atoms with van der Waals surface area (Å²) in [5, 5.41) is 8.86. The van der Waals surface area contributed by atoms with Crippen LogP contribution in [0.4, 0.5) is 0 Å². The van der Waals surface area contributed by atoms with E-state index < -0.39 is 0 Å². The number of pyridine rings is 1. The van der Waals surface area contributed by atoms with Crippen molar-refractivity contribution in [1.29, 1.82) is 0 Å². The molecular weight excluding hydrogens is 359 g/mol. The molecule has 1 N–H and O–H groups in total. The fourth-order valence-corrected chi connectivity index (χ4v) is 3.35. The standard InChI is InChI=1S/C18H17ClN4O.ClH/c1-24-16-3-2-13(10-14(16)19)18-17(12-4-6-20-7-5-12)15-11-21-8-9-23(15)22-18;/h2-7,10,21H,8-9,11H2,1H3;1H. The average Bonchev–Trinajstić information content (AvgIpc) is 3.02. The monoisotopic (exact) mass is 376 g/mol. The van der Waals surface area contributed by atoms with Crippen molar-refractivity contribution in [3.63, 3.8) is 0 Å². The van der Waals surface area contributed by atoms with E-state index >= 15 is 0 Å². The number of hydrogen-bond acceptors (Lipinski definition) is 4. The van der Waals surface area contributed by atoms with Crippen LogP contribution < -0.4 is 10.1 Å². The second-order valence-electron chi connectivity index (χ2n) is 5.66. The molecule has 0 unspecified atom stereocenters. The second-order valence-corrected chi connectivity index (χ2v) is 6.06. The lowest BCUT2D eigenvalue weighted by atomic mass is 9.99. The van der Waals surface area contributed by atoms with E-state index in [2.05, 4.69) is 15.0 Å². The van der Waals surface area contributed by atoms with Crippen LogP contribution in [0.1, 0.15) is 5.69 Å². The van der Waals surface area contributed by atoms with Crippen LogP contribution in [0, 0.1) is 0 Å². The number of nitrogens with one attached hydrogen (secondary N) is 1. The molecule has 2 aromatic heterocycles. The van der Waals surface area contributed by atoms with Crippen molar-refractivity contribution in [2.45, 2.75) is 13.1 Å². The van der Waals surface area contributed by atoms with E-state index in [1.165, 1.54) is 5.69 Å². The predicted octanol–water partition coefficient (Wildman–Crippen LogP) is 3.80. The lowest BCUT2D eigenvalue weighted by Gasteiger charge is -2.16. The van der Waals surface area contributed by atoms with Crippen molar-refractivity contribution in [2.75, 3.05) is 13.7 Å². The molecule has 1 aromatic carbocycles. The molecule has 0 bridgehead atoms. The number of methoxy groups -OCH3 is 1. The first-order chi connectivity index (χ1) is 11.8. The SMILES string of the molecule is COc1ccc(-c2nn3c(c2-c2ccncc2)CNCC3)cc1Cl.Cl. The highest BCUT2D eigenvalue weighted by Crippen LogP contribution is 2.37. The summed E-state index contributed by atoms with van der Waals surface area (Å²) in [5.74, 6) is 0.663. The van der Waals surface area contributed by atoms with E-state index in [-0.39, 0.29) is 12.4 Å². The molecule has 0 aliphatic carbocycles. The Morgan fingerprint density at radius 1 is 1.16 bits per heavy atom. The maximum Gasteiger partial charge on any atom is 0.137 e. The van der Waals surface area contributed by atoms with E-state index in [9.17, 15) is 0 Å². The molecule has 25 heavy (non-hydrogen) atoms. The van der Waals surface area contributed by atoms with Gasteiger partial charge in [-0.15, -0.1) is 12.4 Å². The molecule has 0 saturated carbocycles. The molecular formula is C18H18Cl2N4O. The summed E-state index contributed by atoms with van der Waals surface area (Å²) in [6.45, 7) is 2.58. The van der Waals surface area contributed by atoms with Gasteiger partial charge in [-0.25, -0.2) is 0 Å². The van der Waals surface area contributed by atoms with Crippen molar-refractivity contribution in [3.05, 3.63) is 53.4 Å². The third kappa shape index (κ3) is 3.23. The topological polar surface area (TPSA) is 52.0 Å². The van der Waals surface area contributed by atoms with Gasteiger partial charge in [-0.2, -0.15) is 5.10 Å². The Morgan fingerprint density at radius 3 is 2.68 bits per heavy atom. The van der Waals surface area contributed by atoms with Crippen molar-refractivity contribution in [2.24, 2.45) is 0 Å².